The number of nitrogens with zero attached hydrogens (tertiary/aromatic N) is 3. The Morgan fingerprint density at radius 1 is 1.00 bits per heavy atom. The first kappa shape index (κ1) is 26.6. The first-order valence-corrected chi connectivity index (χ1v) is 12.5. The van der Waals surface area contributed by atoms with Gasteiger partial charge in [-0.15, -0.1) is 0 Å². The fraction of sp³-hybridized carbons (Fsp3) is 0.571. The Labute approximate surface area is 209 Å². The molecular weight excluding hydrogens is 440 g/mol. The SMILES string of the molecule is Cc1c(CCc2ccc(C(C)(C)C)cc2)ncnc1C(=O)N1CCC(NC(=O)OC(C)(C)C)CC1. The monoisotopic (exact) mass is 480 g/mol. The van der Waals surface area contributed by atoms with E-state index in [2.05, 4.69) is 60.3 Å². The normalized spacial score (nSPS) is 15.1. The zero-order valence-electron chi connectivity index (χ0n) is 22.3. The van der Waals surface area contributed by atoms with Gasteiger partial charge in [-0.3, -0.25) is 4.79 Å². The quantitative estimate of drug-likeness (QED) is 0.651. The number of piperidine rings is 1. The molecule has 35 heavy (non-hydrogen) atoms. The number of likely N-dealkylation sites (tertiary alicyclic amines) is 1. The molecule has 0 saturated carbocycles. The fourth-order valence-electron chi connectivity index (χ4n) is 4.24. The van der Waals surface area contributed by atoms with Crippen LogP contribution < -0.4 is 5.32 Å². The number of ether oxygens (including phenoxy) is 1. The molecule has 1 aromatic heterocycles. The summed E-state index contributed by atoms with van der Waals surface area (Å²) in [4.78, 5) is 35.9. The van der Waals surface area contributed by atoms with E-state index in [4.69, 9.17) is 4.74 Å². The summed E-state index contributed by atoms with van der Waals surface area (Å²) in [7, 11) is 0. The summed E-state index contributed by atoms with van der Waals surface area (Å²) in [5.74, 6) is -0.0728. The summed E-state index contributed by atoms with van der Waals surface area (Å²) in [5, 5.41) is 2.91. The number of carbonyl (C=O) groups is 2. The van der Waals surface area contributed by atoms with Gasteiger partial charge in [-0.05, 0) is 69.9 Å². The summed E-state index contributed by atoms with van der Waals surface area (Å²) >= 11 is 0. The van der Waals surface area contributed by atoms with Crippen LogP contribution in [0.2, 0.25) is 0 Å². The molecule has 1 N–H and O–H groups in total. The maximum Gasteiger partial charge on any atom is 0.407 e. The summed E-state index contributed by atoms with van der Waals surface area (Å²) in [6, 6.07) is 8.74. The first-order chi connectivity index (χ1) is 16.3. The molecule has 2 heterocycles. The van der Waals surface area contributed by atoms with Crippen molar-refractivity contribution >= 4 is 12.0 Å². The Morgan fingerprint density at radius 2 is 1.63 bits per heavy atom. The van der Waals surface area contributed by atoms with Crippen molar-refractivity contribution in [2.24, 2.45) is 0 Å². The summed E-state index contributed by atoms with van der Waals surface area (Å²) in [6.07, 6.45) is 4.07. The highest BCUT2D eigenvalue weighted by Crippen LogP contribution is 2.23. The Bertz CT molecular complexity index is 1030. The molecule has 0 bridgehead atoms. The van der Waals surface area contributed by atoms with Crippen molar-refractivity contribution in [3.8, 4) is 0 Å². The molecule has 0 aliphatic carbocycles. The number of benzene rings is 1. The van der Waals surface area contributed by atoms with Gasteiger partial charge in [-0.25, -0.2) is 14.8 Å². The number of carbonyl (C=O) groups excluding carboxylic acids is 2. The van der Waals surface area contributed by atoms with Crippen LogP contribution in [-0.2, 0) is 23.0 Å². The van der Waals surface area contributed by atoms with E-state index in [0.717, 1.165) is 24.1 Å². The Balaban J connectivity index is 1.57. The van der Waals surface area contributed by atoms with Gasteiger partial charge in [-0.2, -0.15) is 0 Å². The van der Waals surface area contributed by atoms with Gasteiger partial charge in [0, 0.05) is 30.4 Å². The van der Waals surface area contributed by atoms with Crippen LogP contribution >= 0.6 is 0 Å². The number of amides is 2. The third kappa shape index (κ3) is 7.51. The molecule has 190 valence electrons. The van der Waals surface area contributed by atoms with Crippen LogP contribution in [-0.4, -0.2) is 51.6 Å². The molecule has 0 atom stereocenters. The Morgan fingerprint density at radius 3 is 2.20 bits per heavy atom. The van der Waals surface area contributed by atoms with Crippen LogP contribution in [0, 0.1) is 6.92 Å². The molecule has 7 heteroatoms. The lowest BCUT2D eigenvalue weighted by atomic mass is 9.86. The lowest BCUT2D eigenvalue weighted by Gasteiger charge is -2.33. The van der Waals surface area contributed by atoms with E-state index in [1.54, 1.807) is 0 Å². The average molecular weight is 481 g/mol. The molecule has 2 aromatic rings. The number of hydrogen-bond donors (Lipinski definition) is 1. The van der Waals surface area contributed by atoms with Gasteiger partial charge in [0.1, 0.15) is 17.6 Å². The smallest absolute Gasteiger partial charge is 0.407 e. The van der Waals surface area contributed by atoms with Gasteiger partial charge < -0.3 is 15.0 Å². The van der Waals surface area contributed by atoms with Crippen molar-refractivity contribution < 1.29 is 14.3 Å². The molecule has 3 rings (SSSR count). The maximum atomic E-state index is 13.2. The van der Waals surface area contributed by atoms with Crippen molar-refractivity contribution in [2.45, 2.75) is 91.2 Å². The third-order valence-corrected chi connectivity index (χ3v) is 6.36. The minimum absolute atomic E-state index is 0.000582. The molecule has 2 amide bonds. The van der Waals surface area contributed by atoms with Gasteiger partial charge in [0.25, 0.3) is 5.91 Å². The summed E-state index contributed by atoms with van der Waals surface area (Å²) in [6.45, 7) is 15.2. The summed E-state index contributed by atoms with van der Waals surface area (Å²) in [5.41, 5.74) is 4.40. The lowest BCUT2D eigenvalue weighted by molar-refractivity contribution is 0.0473. The number of hydrogen-bond acceptors (Lipinski definition) is 5. The number of rotatable bonds is 5. The van der Waals surface area contributed by atoms with E-state index >= 15 is 0 Å². The molecule has 1 aliphatic rings. The van der Waals surface area contributed by atoms with Crippen molar-refractivity contribution in [1.82, 2.24) is 20.2 Å². The molecule has 1 saturated heterocycles. The van der Waals surface area contributed by atoms with Crippen molar-refractivity contribution in [2.75, 3.05) is 13.1 Å². The minimum Gasteiger partial charge on any atom is -0.444 e. The second-order valence-electron chi connectivity index (χ2n) is 11.5. The maximum absolute atomic E-state index is 13.2. The van der Waals surface area contributed by atoms with Crippen LogP contribution in [0.15, 0.2) is 30.6 Å². The van der Waals surface area contributed by atoms with Crippen molar-refractivity contribution in [3.63, 3.8) is 0 Å². The van der Waals surface area contributed by atoms with Crippen molar-refractivity contribution in [1.29, 1.82) is 0 Å². The molecule has 0 radical (unpaired) electrons. The van der Waals surface area contributed by atoms with Gasteiger partial charge in [0.15, 0.2) is 0 Å². The van der Waals surface area contributed by atoms with E-state index < -0.39 is 11.7 Å². The van der Waals surface area contributed by atoms with Gasteiger partial charge in [-0.1, -0.05) is 45.0 Å². The van der Waals surface area contributed by atoms with E-state index in [9.17, 15) is 9.59 Å². The van der Waals surface area contributed by atoms with Crippen LogP contribution in [0.3, 0.4) is 0 Å². The highest BCUT2D eigenvalue weighted by atomic mass is 16.6. The summed E-state index contributed by atoms with van der Waals surface area (Å²) < 4.78 is 5.34. The lowest BCUT2D eigenvalue weighted by Crippen LogP contribution is -2.47. The zero-order valence-corrected chi connectivity index (χ0v) is 22.3. The van der Waals surface area contributed by atoms with E-state index in [0.29, 0.717) is 31.6 Å². The first-order valence-electron chi connectivity index (χ1n) is 12.5. The predicted molar refractivity (Wildman–Crippen MR) is 138 cm³/mol. The number of nitrogens with one attached hydrogen (secondary N) is 1. The molecule has 7 nitrogen and oxygen atoms in total. The van der Waals surface area contributed by atoms with Gasteiger partial charge in [0.2, 0.25) is 0 Å². The van der Waals surface area contributed by atoms with Crippen LogP contribution in [0.5, 0.6) is 0 Å². The highest BCUT2D eigenvalue weighted by Gasteiger charge is 2.28. The third-order valence-electron chi connectivity index (χ3n) is 6.36. The van der Waals surface area contributed by atoms with E-state index in [-0.39, 0.29) is 17.4 Å². The van der Waals surface area contributed by atoms with Gasteiger partial charge >= 0.3 is 6.09 Å². The minimum atomic E-state index is -0.529. The molecule has 1 aliphatic heterocycles. The molecule has 0 unspecified atom stereocenters. The standard InChI is InChI=1S/C28H40N4O3/c1-19-23(13-10-20-8-11-21(12-9-20)27(2,3)4)29-18-30-24(19)25(33)32-16-14-22(15-17-32)31-26(34)35-28(5,6)7/h8-9,11-12,18,22H,10,13-17H2,1-7H3,(H,31,34). The fourth-order valence-corrected chi connectivity index (χ4v) is 4.24. The van der Waals surface area contributed by atoms with Gasteiger partial charge in [0.05, 0.1) is 0 Å². The van der Waals surface area contributed by atoms with Crippen LogP contribution in [0.1, 0.15) is 87.3 Å². The molecular formula is C28H40N4O3. The van der Waals surface area contributed by atoms with E-state index in [1.165, 1.54) is 17.5 Å². The largest absolute Gasteiger partial charge is 0.444 e. The molecule has 1 fully saturated rings. The predicted octanol–water partition coefficient (Wildman–Crippen LogP) is 5.00. The number of aromatic nitrogens is 2. The average Bonchev–Trinajstić information content (AvgIpc) is 2.77. The zero-order chi connectivity index (χ0) is 25.8. The van der Waals surface area contributed by atoms with Crippen LogP contribution in [0.25, 0.3) is 0 Å². The second-order valence-corrected chi connectivity index (χ2v) is 11.5. The number of aryl methyl sites for hydroxylation is 2. The number of alkyl carbamates (subject to hydrolysis) is 1. The van der Waals surface area contributed by atoms with E-state index in [1.807, 2.05) is 32.6 Å². The molecule has 0 spiro atoms. The second kappa shape index (κ2) is 10.8. The Hall–Kier alpha value is -2.96. The Kier molecular flexibility index (Phi) is 8.18. The molecule has 1 aromatic carbocycles. The highest BCUT2D eigenvalue weighted by molar-refractivity contribution is 5.93. The topological polar surface area (TPSA) is 84.4 Å². The van der Waals surface area contributed by atoms with Crippen molar-refractivity contribution in [3.05, 3.63) is 58.7 Å². The van der Waals surface area contributed by atoms with Crippen LogP contribution in [0.4, 0.5) is 4.79 Å².